The van der Waals surface area contributed by atoms with Gasteiger partial charge in [0.25, 0.3) is 0 Å². The second-order valence-electron chi connectivity index (χ2n) is 2.38. The maximum absolute atomic E-state index is 3.43. The van der Waals surface area contributed by atoms with Crippen molar-refractivity contribution in [3.8, 4) is 0 Å². The Labute approximate surface area is 111 Å². The zero-order chi connectivity index (χ0) is 10.1. The molecule has 0 atom stereocenters. The average Bonchev–Trinajstić information content (AvgIpc) is 2.20. The summed E-state index contributed by atoms with van der Waals surface area (Å²) in [5, 5.41) is 1.10. The molecule has 3 heteroatoms. The van der Waals surface area contributed by atoms with Gasteiger partial charge in [-0.1, -0.05) is 50.1 Å². The van der Waals surface area contributed by atoms with E-state index >= 15 is 0 Å². The first kappa shape index (κ1) is 13.9. The Kier molecular flexibility index (Phi) is 10.1. The van der Waals surface area contributed by atoms with E-state index in [4.69, 9.17) is 0 Å². The maximum Gasteiger partial charge on any atom is 0.0162 e. The fourth-order valence-electron chi connectivity index (χ4n) is 0.958. The van der Waals surface area contributed by atoms with E-state index in [-0.39, 0.29) is 0 Å². The Morgan fingerprint density at radius 2 is 1.85 bits per heavy atom. The van der Waals surface area contributed by atoms with Gasteiger partial charge in [-0.25, -0.2) is 0 Å². The van der Waals surface area contributed by atoms with Crippen molar-refractivity contribution in [2.24, 2.45) is 0 Å². The van der Waals surface area contributed by atoms with E-state index in [0.29, 0.717) is 0 Å². The Hall–Kier alpha value is 0.910. The molecule has 74 valence electrons. The number of aryl methyl sites for hydroxylation is 1. The van der Waals surface area contributed by atoms with Crippen LogP contribution in [0.1, 0.15) is 12.0 Å². The van der Waals surface area contributed by atoms with E-state index in [1.165, 1.54) is 22.0 Å². The largest absolute Gasteiger partial charge is 0.0966 e. The molecule has 1 rings (SSSR count). The first-order chi connectivity index (χ1) is 6.34. The highest BCUT2D eigenvalue weighted by Gasteiger charge is 1.95. The summed E-state index contributed by atoms with van der Waals surface area (Å²) in [6, 6.07) is 8.54. The third-order valence-electron chi connectivity index (χ3n) is 1.54. The number of hydrogen-bond donors (Lipinski definition) is 0. The lowest BCUT2D eigenvalue weighted by atomic mass is 10.1. The number of benzene rings is 1. The van der Waals surface area contributed by atoms with Crippen LogP contribution in [0.2, 0.25) is 0 Å². The van der Waals surface area contributed by atoms with Gasteiger partial charge in [0.15, 0.2) is 0 Å². The second-order valence-corrected chi connectivity index (χ2v) is 4.34. The SMILES string of the molecule is BrCCCc1ccccc1I.CBr. The molecular weight excluding hydrogens is 407 g/mol. The van der Waals surface area contributed by atoms with E-state index in [1.54, 1.807) is 0 Å². The van der Waals surface area contributed by atoms with Crippen LogP contribution < -0.4 is 0 Å². The Balaban J connectivity index is 0.000000671. The molecule has 0 heterocycles. The Bertz CT molecular complexity index is 226. The molecule has 0 N–H and O–H groups in total. The van der Waals surface area contributed by atoms with Crippen molar-refractivity contribution < 1.29 is 0 Å². The fourth-order valence-corrected chi connectivity index (χ4v) is 1.90. The van der Waals surface area contributed by atoms with Gasteiger partial charge in [-0.05, 0) is 52.9 Å². The van der Waals surface area contributed by atoms with Gasteiger partial charge >= 0.3 is 0 Å². The standard InChI is InChI=1S/C9H10BrI.CH3Br/c10-7-3-5-8-4-1-2-6-9(8)11;1-2/h1-2,4,6H,3,5,7H2;1H3. The molecule has 0 spiro atoms. The summed E-state index contributed by atoms with van der Waals surface area (Å²) < 4.78 is 1.38. The number of hydrogen-bond acceptors (Lipinski definition) is 0. The van der Waals surface area contributed by atoms with Gasteiger partial charge in [-0.2, -0.15) is 0 Å². The van der Waals surface area contributed by atoms with Crippen LogP contribution in [0.5, 0.6) is 0 Å². The van der Waals surface area contributed by atoms with Gasteiger partial charge in [0, 0.05) is 8.90 Å². The molecule has 1 aromatic carbocycles. The smallest absolute Gasteiger partial charge is 0.0162 e. The fraction of sp³-hybridized carbons (Fsp3) is 0.400. The topological polar surface area (TPSA) is 0 Å². The summed E-state index contributed by atoms with van der Waals surface area (Å²) in [7, 11) is 0. The summed E-state index contributed by atoms with van der Waals surface area (Å²) in [5.74, 6) is 1.81. The molecule has 0 nitrogen and oxygen atoms in total. The highest BCUT2D eigenvalue weighted by Crippen LogP contribution is 2.13. The van der Waals surface area contributed by atoms with Gasteiger partial charge in [0.05, 0.1) is 0 Å². The minimum atomic E-state index is 1.10. The molecule has 0 saturated carbocycles. The lowest BCUT2D eigenvalue weighted by molar-refractivity contribution is 0.934. The number of rotatable bonds is 3. The zero-order valence-corrected chi connectivity index (χ0v) is 12.9. The lowest BCUT2D eigenvalue weighted by Crippen LogP contribution is -1.88. The molecule has 0 aliphatic heterocycles. The van der Waals surface area contributed by atoms with Crippen LogP contribution in [-0.4, -0.2) is 11.2 Å². The minimum absolute atomic E-state index is 1.10. The van der Waals surface area contributed by atoms with E-state index in [9.17, 15) is 0 Å². The molecular formula is C10H13Br2I. The van der Waals surface area contributed by atoms with Crippen LogP contribution in [0, 0.1) is 3.57 Å². The van der Waals surface area contributed by atoms with Crippen LogP contribution in [0.4, 0.5) is 0 Å². The first-order valence-corrected chi connectivity index (χ1v) is 7.80. The van der Waals surface area contributed by atoms with Gasteiger partial charge in [0.2, 0.25) is 0 Å². The number of alkyl halides is 2. The van der Waals surface area contributed by atoms with Crippen LogP contribution >= 0.6 is 54.5 Å². The predicted octanol–water partition coefficient (Wildman–Crippen LogP) is 4.63. The molecule has 0 saturated heterocycles. The molecule has 0 aromatic heterocycles. The lowest BCUT2D eigenvalue weighted by Gasteiger charge is -2.00. The van der Waals surface area contributed by atoms with Crippen molar-refractivity contribution in [3.63, 3.8) is 0 Å². The van der Waals surface area contributed by atoms with E-state index < -0.39 is 0 Å². The van der Waals surface area contributed by atoms with Crippen molar-refractivity contribution in [2.75, 3.05) is 11.2 Å². The second kappa shape index (κ2) is 9.46. The zero-order valence-electron chi connectivity index (χ0n) is 7.56. The van der Waals surface area contributed by atoms with E-state index in [1.807, 2.05) is 5.83 Å². The third-order valence-corrected chi connectivity index (χ3v) is 3.15. The highest BCUT2D eigenvalue weighted by atomic mass is 127. The summed E-state index contributed by atoms with van der Waals surface area (Å²) in [6.45, 7) is 0. The molecule has 0 fully saturated rings. The molecule has 0 amide bonds. The molecule has 0 aliphatic carbocycles. The Morgan fingerprint density at radius 3 is 2.38 bits per heavy atom. The van der Waals surface area contributed by atoms with Gasteiger partial charge in [-0.3, -0.25) is 0 Å². The van der Waals surface area contributed by atoms with Crippen molar-refractivity contribution in [3.05, 3.63) is 33.4 Å². The summed E-state index contributed by atoms with van der Waals surface area (Å²) in [6.07, 6.45) is 2.41. The van der Waals surface area contributed by atoms with Gasteiger partial charge < -0.3 is 0 Å². The number of halogens is 3. The van der Waals surface area contributed by atoms with Crippen LogP contribution in [0.3, 0.4) is 0 Å². The average molecular weight is 420 g/mol. The van der Waals surface area contributed by atoms with E-state index in [0.717, 1.165) is 5.33 Å². The van der Waals surface area contributed by atoms with Crippen molar-refractivity contribution in [1.29, 1.82) is 0 Å². The monoisotopic (exact) mass is 418 g/mol. The highest BCUT2D eigenvalue weighted by molar-refractivity contribution is 14.1. The van der Waals surface area contributed by atoms with Crippen molar-refractivity contribution >= 4 is 54.5 Å². The summed E-state index contributed by atoms with van der Waals surface area (Å²) in [5.41, 5.74) is 1.47. The molecule has 1 aromatic rings. The normalized spacial score (nSPS) is 8.92. The summed E-state index contributed by atoms with van der Waals surface area (Å²) in [4.78, 5) is 0. The molecule has 0 bridgehead atoms. The van der Waals surface area contributed by atoms with E-state index in [2.05, 4.69) is 78.7 Å². The quantitative estimate of drug-likeness (QED) is 0.495. The van der Waals surface area contributed by atoms with Gasteiger partial charge in [-0.15, -0.1) is 0 Å². The molecule has 0 radical (unpaired) electrons. The van der Waals surface area contributed by atoms with Crippen LogP contribution in [-0.2, 0) is 6.42 Å². The molecule has 13 heavy (non-hydrogen) atoms. The molecule has 0 unspecified atom stereocenters. The van der Waals surface area contributed by atoms with Gasteiger partial charge in [0.1, 0.15) is 0 Å². The third kappa shape index (κ3) is 6.07. The van der Waals surface area contributed by atoms with Crippen molar-refractivity contribution in [1.82, 2.24) is 0 Å². The molecule has 0 aliphatic rings. The van der Waals surface area contributed by atoms with Crippen molar-refractivity contribution in [2.45, 2.75) is 12.8 Å². The summed E-state index contributed by atoms with van der Waals surface area (Å²) >= 11 is 8.75. The Morgan fingerprint density at radius 1 is 1.23 bits per heavy atom. The first-order valence-electron chi connectivity index (χ1n) is 4.02. The maximum atomic E-state index is 3.43. The van der Waals surface area contributed by atoms with Crippen LogP contribution in [0.25, 0.3) is 0 Å². The predicted molar refractivity (Wildman–Crippen MR) is 76.1 cm³/mol. The van der Waals surface area contributed by atoms with Crippen LogP contribution in [0.15, 0.2) is 24.3 Å². The minimum Gasteiger partial charge on any atom is -0.0966 e.